The van der Waals surface area contributed by atoms with Gasteiger partial charge in [-0.25, -0.2) is 0 Å². The van der Waals surface area contributed by atoms with Crippen molar-refractivity contribution >= 4 is 0 Å². The molecule has 1 saturated heterocycles. The maximum absolute atomic E-state index is 5.51. The summed E-state index contributed by atoms with van der Waals surface area (Å²) < 4.78 is 5.51. The summed E-state index contributed by atoms with van der Waals surface area (Å²) in [7, 11) is 2.03. The molecule has 2 heterocycles. The number of benzene rings is 1. The van der Waals surface area contributed by atoms with Crippen LogP contribution in [0, 0.1) is 5.92 Å². The van der Waals surface area contributed by atoms with Crippen molar-refractivity contribution in [3.8, 4) is 11.3 Å². The fourth-order valence-electron chi connectivity index (χ4n) is 3.13. The molecule has 1 aromatic heterocycles. The first-order valence-corrected chi connectivity index (χ1v) is 8.23. The fourth-order valence-corrected chi connectivity index (χ4v) is 3.13. The molecule has 4 nitrogen and oxygen atoms in total. The summed E-state index contributed by atoms with van der Waals surface area (Å²) in [5, 5.41) is 7.44. The van der Waals surface area contributed by atoms with Gasteiger partial charge >= 0.3 is 0 Å². The molecule has 1 aliphatic rings. The van der Waals surface area contributed by atoms with Gasteiger partial charge in [0.25, 0.3) is 0 Å². The van der Waals surface area contributed by atoms with E-state index in [-0.39, 0.29) is 0 Å². The van der Waals surface area contributed by atoms with Crippen LogP contribution in [-0.2, 0) is 6.54 Å². The SMILES string of the molecule is CNCCC1CCN(Cc2cc(-c3ccccc3)no2)CC1. The minimum absolute atomic E-state index is 0.873. The van der Waals surface area contributed by atoms with Crippen molar-refractivity contribution in [2.45, 2.75) is 25.8 Å². The zero-order valence-corrected chi connectivity index (χ0v) is 13.3. The summed E-state index contributed by atoms with van der Waals surface area (Å²) in [6.45, 7) is 4.33. The number of likely N-dealkylation sites (tertiary alicyclic amines) is 1. The van der Waals surface area contributed by atoms with E-state index in [1.165, 1.54) is 19.3 Å². The number of hydrogen-bond donors (Lipinski definition) is 1. The molecular formula is C18H25N3O. The number of piperidine rings is 1. The van der Waals surface area contributed by atoms with Gasteiger partial charge in [-0.3, -0.25) is 4.90 Å². The molecule has 0 unspecified atom stereocenters. The number of nitrogens with one attached hydrogen (secondary N) is 1. The molecule has 1 fully saturated rings. The Morgan fingerprint density at radius 3 is 2.73 bits per heavy atom. The van der Waals surface area contributed by atoms with Crippen LogP contribution in [0.2, 0.25) is 0 Å². The van der Waals surface area contributed by atoms with E-state index in [0.717, 1.165) is 49.1 Å². The normalized spacial score (nSPS) is 17.0. The van der Waals surface area contributed by atoms with Crippen LogP contribution < -0.4 is 5.32 Å². The third-order valence-corrected chi connectivity index (χ3v) is 4.52. The van der Waals surface area contributed by atoms with Crippen LogP contribution in [0.3, 0.4) is 0 Å². The van der Waals surface area contributed by atoms with Gasteiger partial charge in [0.2, 0.25) is 0 Å². The Labute approximate surface area is 132 Å². The molecule has 0 spiro atoms. The van der Waals surface area contributed by atoms with Crippen LogP contribution in [-0.4, -0.2) is 36.7 Å². The lowest BCUT2D eigenvalue weighted by Gasteiger charge is -2.31. The number of hydrogen-bond acceptors (Lipinski definition) is 4. The fraction of sp³-hybridized carbons (Fsp3) is 0.500. The van der Waals surface area contributed by atoms with E-state index < -0.39 is 0 Å². The van der Waals surface area contributed by atoms with Crippen molar-refractivity contribution in [1.82, 2.24) is 15.4 Å². The molecule has 0 saturated carbocycles. The third kappa shape index (κ3) is 3.96. The topological polar surface area (TPSA) is 41.3 Å². The molecule has 1 aliphatic heterocycles. The zero-order chi connectivity index (χ0) is 15.2. The van der Waals surface area contributed by atoms with Gasteiger partial charge in [0, 0.05) is 11.6 Å². The molecule has 1 N–H and O–H groups in total. The van der Waals surface area contributed by atoms with E-state index in [4.69, 9.17) is 4.52 Å². The molecule has 0 amide bonds. The number of rotatable bonds is 6. The van der Waals surface area contributed by atoms with Crippen LogP contribution in [0.1, 0.15) is 25.0 Å². The quantitative estimate of drug-likeness (QED) is 0.889. The van der Waals surface area contributed by atoms with E-state index in [9.17, 15) is 0 Å². The van der Waals surface area contributed by atoms with Crippen LogP contribution in [0.25, 0.3) is 11.3 Å². The van der Waals surface area contributed by atoms with Crippen molar-refractivity contribution in [1.29, 1.82) is 0 Å². The summed E-state index contributed by atoms with van der Waals surface area (Å²) in [6.07, 6.45) is 3.88. The molecule has 4 heteroatoms. The van der Waals surface area contributed by atoms with Crippen molar-refractivity contribution in [3.05, 3.63) is 42.2 Å². The highest BCUT2D eigenvalue weighted by molar-refractivity contribution is 5.58. The van der Waals surface area contributed by atoms with E-state index in [1.807, 2.05) is 25.2 Å². The number of nitrogens with zero attached hydrogens (tertiary/aromatic N) is 2. The second-order valence-electron chi connectivity index (χ2n) is 6.16. The summed E-state index contributed by atoms with van der Waals surface area (Å²) in [5.41, 5.74) is 2.04. The molecule has 0 bridgehead atoms. The maximum atomic E-state index is 5.51. The average molecular weight is 299 g/mol. The molecule has 118 valence electrons. The molecule has 0 atom stereocenters. The predicted molar refractivity (Wildman–Crippen MR) is 88.5 cm³/mol. The van der Waals surface area contributed by atoms with Crippen molar-refractivity contribution in [3.63, 3.8) is 0 Å². The number of aromatic nitrogens is 1. The highest BCUT2D eigenvalue weighted by Crippen LogP contribution is 2.23. The van der Waals surface area contributed by atoms with Crippen LogP contribution in [0.15, 0.2) is 40.9 Å². The highest BCUT2D eigenvalue weighted by atomic mass is 16.5. The second-order valence-corrected chi connectivity index (χ2v) is 6.16. The lowest BCUT2D eigenvalue weighted by atomic mass is 9.93. The molecule has 0 aliphatic carbocycles. The van der Waals surface area contributed by atoms with Crippen molar-refractivity contribution in [2.75, 3.05) is 26.7 Å². The first kappa shape index (κ1) is 15.3. The minimum atomic E-state index is 0.873. The Morgan fingerprint density at radius 2 is 2.00 bits per heavy atom. The Bertz CT molecular complexity index is 559. The summed E-state index contributed by atoms with van der Waals surface area (Å²) in [5.74, 6) is 1.84. The van der Waals surface area contributed by atoms with Crippen LogP contribution in [0.4, 0.5) is 0 Å². The van der Waals surface area contributed by atoms with Gasteiger partial charge in [-0.15, -0.1) is 0 Å². The Morgan fingerprint density at radius 1 is 1.23 bits per heavy atom. The van der Waals surface area contributed by atoms with Gasteiger partial charge in [-0.1, -0.05) is 35.5 Å². The van der Waals surface area contributed by atoms with Crippen molar-refractivity contribution < 1.29 is 4.52 Å². The second kappa shape index (κ2) is 7.56. The lowest BCUT2D eigenvalue weighted by Crippen LogP contribution is -2.33. The molecule has 2 aromatic rings. The average Bonchev–Trinajstić information content (AvgIpc) is 3.04. The summed E-state index contributed by atoms with van der Waals surface area (Å²) in [6, 6.07) is 12.3. The Kier molecular flexibility index (Phi) is 5.24. The molecule has 0 radical (unpaired) electrons. The first-order chi connectivity index (χ1) is 10.8. The van der Waals surface area contributed by atoms with Crippen LogP contribution in [0.5, 0.6) is 0 Å². The smallest absolute Gasteiger partial charge is 0.151 e. The van der Waals surface area contributed by atoms with E-state index in [1.54, 1.807) is 0 Å². The summed E-state index contributed by atoms with van der Waals surface area (Å²) in [4.78, 5) is 2.48. The van der Waals surface area contributed by atoms with Crippen LogP contribution >= 0.6 is 0 Å². The minimum Gasteiger partial charge on any atom is -0.359 e. The molecule has 3 rings (SSSR count). The largest absolute Gasteiger partial charge is 0.359 e. The van der Waals surface area contributed by atoms with Gasteiger partial charge in [0.1, 0.15) is 5.69 Å². The molecule has 22 heavy (non-hydrogen) atoms. The van der Waals surface area contributed by atoms with Crippen molar-refractivity contribution in [2.24, 2.45) is 5.92 Å². The van der Waals surface area contributed by atoms with E-state index in [0.29, 0.717) is 0 Å². The molecular weight excluding hydrogens is 274 g/mol. The maximum Gasteiger partial charge on any atom is 0.151 e. The standard InChI is InChI=1S/C18H25N3O/c1-19-10-7-15-8-11-21(12-9-15)14-17-13-18(20-22-17)16-5-3-2-4-6-16/h2-6,13,15,19H,7-12,14H2,1H3. The summed E-state index contributed by atoms with van der Waals surface area (Å²) >= 11 is 0. The monoisotopic (exact) mass is 299 g/mol. The van der Waals surface area contributed by atoms with Gasteiger partial charge in [-0.05, 0) is 51.9 Å². The van der Waals surface area contributed by atoms with Gasteiger partial charge < -0.3 is 9.84 Å². The van der Waals surface area contributed by atoms with E-state index in [2.05, 4.69) is 33.6 Å². The Balaban J connectivity index is 1.51. The van der Waals surface area contributed by atoms with Gasteiger partial charge in [0.05, 0.1) is 6.54 Å². The zero-order valence-electron chi connectivity index (χ0n) is 13.3. The third-order valence-electron chi connectivity index (χ3n) is 4.52. The first-order valence-electron chi connectivity index (χ1n) is 8.23. The van der Waals surface area contributed by atoms with Gasteiger partial charge in [0.15, 0.2) is 5.76 Å². The predicted octanol–water partition coefficient (Wildman–Crippen LogP) is 3.16. The van der Waals surface area contributed by atoms with Gasteiger partial charge in [-0.2, -0.15) is 0 Å². The molecule has 1 aromatic carbocycles. The van der Waals surface area contributed by atoms with E-state index >= 15 is 0 Å². The Hall–Kier alpha value is -1.65. The highest BCUT2D eigenvalue weighted by Gasteiger charge is 2.20. The lowest BCUT2D eigenvalue weighted by molar-refractivity contribution is 0.158.